The van der Waals surface area contributed by atoms with Gasteiger partial charge < -0.3 is 5.73 Å². The highest BCUT2D eigenvalue weighted by molar-refractivity contribution is 7.98. The molecule has 0 atom stereocenters. The molecule has 0 amide bonds. The van der Waals surface area contributed by atoms with Crippen molar-refractivity contribution in [2.75, 3.05) is 12.0 Å². The van der Waals surface area contributed by atoms with Crippen molar-refractivity contribution >= 4 is 23.2 Å². The van der Waals surface area contributed by atoms with Crippen molar-refractivity contribution in [3.05, 3.63) is 23.8 Å². The highest BCUT2D eigenvalue weighted by atomic mass is 32.2. The number of ketones is 1. The Bertz CT molecular complexity index is 323. The normalized spacial score (nSPS) is 10.0. The van der Waals surface area contributed by atoms with Crippen LogP contribution in [0.3, 0.4) is 0 Å². The fourth-order valence-electron chi connectivity index (χ4n) is 1.16. The van der Waals surface area contributed by atoms with Gasteiger partial charge in [0.05, 0.1) is 5.69 Å². The van der Waals surface area contributed by atoms with Gasteiger partial charge in [0.2, 0.25) is 0 Å². The zero-order chi connectivity index (χ0) is 9.84. The summed E-state index contributed by atoms with van der Waals surface area (Å²) in [5.74, 6) is 0.105. The Hall–Kier alpha value is -0.960. The van der Waals surface area contributed by atoms with E-state index in [1.165, 1.54) is 0 Å². The third kappa shape index (κ3) is 2.04. The van der Waals surface area contributed by atoms with Crippen LogP contribution in [0.4, 0.5) is 5.69 Å². The number of thioether (sulfide) groups is 1. The van der Waals surface area contributed by atoms with Gasteiger partial charge >= 0.3 is 0 Å². The van der Waals surface area contributed by atoms with Crippen molar-refractivity contribution in [2.45, 2.75) is 18.2 Å². The summed E-state index contributed by atoms with van der Waals surface area (Å²) < 4.78 is 0. The van der Waals surface area contributed by atoms with E-state index >= 15 is 0 Å². The number of Topliss-reactive ketones (excluding diaryl/α,β-unsaturated/α-hetero) is 1. The lowest BCUT2D eigenvalue weighted by Gasteiger charge is -2.06. The molecule has 0 heterocycles. The summed E-state index contributed by atoms with van der Waals surface area (Å²) in [6.45, 7) is 1.84. The lowest BCUT2D eigenvalue weighted by atomic mass is 10.1. The summed E-state index contributed by atoms with van der Waals surface area (Å²) in [6.07, 6.45) is 2.45. The van der Waals surface area contributed by atoms with Crippen molar-refractivity contribution in [3.8, 4) is 0 Å². The molecule has 0 bridgehead atoms. The molecule has 3 heteroatoms. The first-order valence-corrected chi connectivity index (χ1v) is 5.38. The maximum absolute atomic E-state index is 11.4. The molecule has 0 fully saturated rings. The fourth-order valence-corrected chi connectivity index (χ4v) is 1.70. The number of hydrogen-bond donors (Lipinski definition) is 1. The van der Waals surface area contributed by atoms with Gasteiger partial charge in [0.25, 0.3) is 0 Å². The topological polar surface area (TPSA) is 43.1 Å². The summed E-state index contributed by atoms with van der Waals surface area (Å²) in [7, 11) is 0. The van der Waals surface area contributed by atoms with Gasteiger partial charge in [0.15, 0.2) is 5.78 Å². The van der Waals surface area contributed by atoms with Gasteiger partial charge in [-0.1, -0.05) is 13.0 Å². The predicted octanol–water partition coefficient (Wildman–Crippen LogP) is 2.58. The Balaban J connectivity index is 3.15. The molecule has 0 aliphatic heterocycles. The smallest absolute Gasteiger partial charge is 0.164 e. The summed E-state index contributed by atoms with van der Waals surface area (Å²) >= 11 is 1.56. The number of carbonyl (C=O) groups excluding carboxylic acids is 1. The molecule has 0 saturated carbocycles. The summed E-state index contributed by atoms with van der Waals surface area (Å²) in [5, 5.41) is 0. The van der Waals surface area contributed by atoms with E-state index in [1.807, 2.05) is 25.3 Å². The maximum atomic E-state index is 11.4. The Kier molecular flexibility index (Phi) is 3.37. The number of benzene rings is 1. The van der Waals surface area contributed by atoms with Crippen LogP contribution in [0.5, 0.6) is 0 Å². The van der Waals surface area contributed by atoms with Crippen molar-refractivity contribution in [1.82, 2.24) is 0 Å². The minimum absolute atomic E-state index is 0.105. The van der Waals surface area contributed by atoms with Crippen LogP contribution in [0.25, 0.3) is 0 Å². The molecule has 0 aliphatic carbocycles. The average Bonchev–Trinajstić information content (AvgIpc) is 2.17. The number of carbonyl (C=O) groups is 1. The fraction of sp³-hybridized carbons (Fsp3) is 0.300. The number of hydrogen-bond acceptors (Lipinski definition) is 3. The minimum Gasteiger partial charge on any atom is -0.397 e. The van der Waals surface area contributed by atoms with Gasteiger partial charge in [-0.3, -0.25) is 4.79 Å². The minimum atomic E-state index is 0.105. The molecule has 1 aromatic carbocycles. The second-order valence-electron chi connectivity index (χ2n) is 2.70. The van der Waals surface area contributed by atoms with Gasteiger partial charge in [-0.2, -0.15) is 0 Å². The molecule has 0 aliphatic rings. The zero-order valence-corrected chi connectivity index (χ0v) is 8.65. The Morgan fingerprint density at radius 3 is 2.77 bits per heavy atom. The lowest BCUT2D eigenvalue weighted by molar-refractivity contribution is 0.0989. The zero-order valence-electron chi connectivity index (χ0n) is 7.83. The first kappa shape index (κ1) is 10.1. The number of nitrogens with two attached hydrogens (primary N) is 1. The molecule has 0 unspecified atom stereocenters. The molecule has 1 aromatic rings. The van der Waals surface area contributed by atoms with E-state index in [4.69, 9.17) is 5.73 Å². The van der Waals surface area contributed by atoms with Gasteiger partial charge in [-0.25, -0.2) is 0 Å². The van der Waals surface area contributed by atoms with Crippen molar-refractivity contribution in [3.63, 3.8) is 0 Å². The van der Waals surface area contributed by atoms with E-state index in [9.17, 15) is 4.79 Å². The van der Waals surface area contributed by atoms with Crippen LogP contribution in [0.1, 0.15) is 23.7 Å². The maximum Gasteiger partial charge on any atom is 0.164 e. The number of anilines is 1. The monoisotopic (exact) mass is 195 g/mol. The van der Waals surface area contributed by atoms with Crippen LogP contribution in [-0.4, -0.2) is 12.0 Å². The van der Waals surface area contributed by atoms with Crippen LogP contribution in [-0.2, 0) is 0 Å². The molecule has 0 spiro atoms. The third-order valence-corrected chi connectivity index (χ3v) is 2.70. The lowest BCUT2D eigenvalue weighted by Crippen LogP contribution is -2.03. The van der Waals surface area contributed by atoms with Crippen LogP contribution in [0.15, 0.2) is 23.1 Å². The molecule has 2 nitrogen and oxygen atoms in total. The van der Waals surface area contributed by atoms with E-state index in [1.54, 1.807) is 17.8 Å². The van der Waals surface area contributed by atoms with Gasteiger partial charge in [0.1, 0.15) is 0 Å². The quantitative estimate of drug-likeness (QED) is 0.458. The summed E-state index contributed by atoms with van der Waals surface area (Å²) in [6, 6.07) is 5.57. The molecule has 70 valence electrons. The molecule has 0 aromatic heterocycles. The molecule has 0 saturated heterocycles. The third-order valence-electron chi connectivity index (χ3n) is 1.91. The van der Waals surface area contributed by atoms with E-state index in [0.29, 0.717) is 17.7 Å². The highest BCUT2D eigenvalue weighted by Crippen LogP contribution is 2.26. The number of nitrogen functional groups attached to an aromatic ring is 1. The van der Waals surface area contributed by atoms with Crippen LogP contribution in [0, 0.1) is 0 Å². The molecule has 1 rings (SSSR count). The molecular formula is C10H13NOS. The van der Waals surface area contributed by atoms with Crippen LogP contribution < -0.4 is 5.73 Å². The van der Waals surface area contributed by atoms with Gasteiger partial charge in [-0.15, -0.1) is 11.8 Å². The molecule has 13 heavy (non-hydrogen) atoms. The van der Waals surface area contributed by atoms with E-state index in [0.717, 1.165) is 4.90 Å². The van der Waals surface area contributed by atoms with E-state index < -0.39 is 0 Å². The highest BCUT2D eigenvalue weighted by Gasteiger charge is 2.09. The SMILES string of the molecule is CCC(=O)c1cccc(SC)c1N. The van der Waals surface area contributed by atoms with E-state index in [-0.39, 0.29) is 5.78 Å². The first-order chi connectivity index (χ1) is 6.20. The summed E-state index contributed by atoms with van der Waals surface area (Å²) in [4.78, 5) is 12.4. The molecular weight excluding hydrogens is 182 g/mol. The Morgan fingerprint density at radius 2 is 2.23 bits per heavy atom. The Labute approximate surface area is 82.5 Å². The van der Waals surface area contributed by atoms with Gasteiger partial charge in [-0.05, 0) is 18.4 Å². The number of para-hydroxylation sites is 1. The predicted molar refractivity (Wildman–Crippen MR) is 57.3 cm³/mol. The summed E-state index contributed by atoms with van der Waals surface area (Å²) in [5.41, 5.74) is 7.09. The molecule has 2 N–H and O–H groups in total. The van der Waals surface area contributed by atoms with Crippen molar-refractivity contribution in [1.29, 1.82) is 0 Å². The average molecular weight is 195 g/mol. The standard InChI is InChI=1S/C10H13NOS/c1-3-8(12)7-5-4-6-9(13-2)10(7)11/h4-6H,3,11H2,1-2H3. The first-order valence-electron chi connectivity index (χ1n) is 4.16. The molecule has 0 radical (unpaired) electrons. The number of rotatable bonds is 3. The van der Waals surface area contributed by atoms with E-state index in [2.05, 4.69) is 0 Å². The van der Waals surface area contributed by atoms with Crippen molar-refractivity contribution < 1.29 is 4.79 Å². The van der Waals surface area contributed by atoms with Gasteiger partial charge in [0, 0.05) is 16.9 Å². The van der Waals surface area contributed by atoms with Crippen LogP contribution >= 0.6 is 11.8 Å². The Morgan fingerprint density at radius 1 is 1.54 bits per heavy atom. The second kappa shape index (κ2) is 4.33. The van der Waals surface area contributed by atoms with Crippen LogP contribution in [0.2, 0.25) is 0 Å². The largest absolute Gasteiger partial charge is 0.397 e. The van der Waals surface area contributed by atoms with Crippen molar-refractivity contribution in [2.24, 2.45) is 0 Å². The second-order valence-corrected chi connectivity index (χ2v) is 3.55.